The van der Waals surface area contributed by atoms with Crippen molar-refractivity contribution in [3.8, 4) is 11.5 Å². The topological polar surface area (TPSA) is 38.8 Å². The zero-order chi connectivity index (χ0) is 20.4. The molecule has 3 aromatic rings. The van der Waals surface area contributed by atoms with E-state index in [1.807, 2.05) is 11.0 Å². The van der Waals surface area contributed by atoms with Gasteiger partial charge in [-0.3, -0.25) is 4.79 Å². The van der Waals surface area contributed by atoms with E-state index in [1.165, 1.54) is 16.7 Å². The number of benzene rings is 3. The van der Waals surface area contributed by atoms with Crippen molar-refractivity contribution in [2.75, 3.05) is 20.8 Å². The lowest BCUT2D eigenvalue weighted by molar-refractivity contribution is 0.0694. The monoisotopic (exact) mass is 387 g/mol. The fourth-order valence-corrected chi connectivity index (χ4v) is 3.99. The summed E-state index contributed by atoms with van der Waals surface area (Å²) in [4.78, 5) is 15.6. The predicted molar refractivity (Wildman–Crippen MR) is 114 cm³/mol. The maximum absolute atomic E-state index is 13.6. The molecule has 0 unspecified atom stereocenters. The van der Waals surface area contributed by atoms with Crippen LogP contribution >= 0.6 is 0 Å². The number of amides is 1. The van der Waals surface area contributed by atoms with Crippen molar-refractivity contribution in [2.24, 2.45) is 0 Å². The first kappa shape index (κ1) is 19.1. The van der Waals surface area contributed by atoms with E-state index in [4.69, 9.17) is 9.47 Å². The van der Waals surface area contributed by atoms with E-state index in [1.54, 1.807) is 32.4 Å². The molecule has 0 bridgehead atoms. The number of nitrogens with zero attached hydrogens (tertiary/aromatic N) is 1. The van der Waals surface area contributed by atoms with E-state index in [2.05, 4.69) is 49.4 Å². The molecule has 1 amide bonds. The minimum absolute atomic E-state index is 0.0257. The molecule has 4 heteroatoms. The molecule has 0 saturated carbocycles. The number of carbonyl (C=O) groups is 1. The fourth-order valence-electron chi connectivity index (χ4n) is 3.99. The Bertz CT molecular complexity index is 1000. The van der Waals surface area contributed by atoms with E-state index in [0.29, 0.717) is 23.6 Å². The molecule has 0 radical (unpaired) electrons. The Morgan fingerprint density at radius 2 is 1.59 bits per heavy atom. The van der Waals surface area contributed by atoms with Gasteiger partial charge in [-0.15, -0.1) is 0 Å². The minimum atomic E-state index is -0.120. The normalized spacial score (nSPS) is 15.6. The zero-order valence-corrected chi connectivity index (χ0v) is 17.0. The van der Waals surface area contributed by atoms with Crippen molar-refractivity contribution in [3.63, 3.8) is 0 Å². The molecule has 1 aliphatic heterocycles. The molecule has 0 spiro atoms. The van der Waals surface area contributed by atoms with Crippen LogP contribution in [0.15, 0.2) is 66.7 Å². The minimum Gasteiger partial charge on any atom is -0.497 e. The van der Waals surface area contributed by atoms with E-state index in [9.17, 15) is 4.79 Å². The van der Waals surface area contributed by atoms with Crippen LogP contribution < -0.4 is 9.47 Å². The van der Waals surface area contributed by atoms with Gasteiger partial charge in [0.1, 0.15) is 11.5 Å². The van der Waals surface area contributed by atoms with Crippen LogP contribution in [0.4, 0.5) is 0 Å². The maximum atomic E-state index is 13.6. The van der Waals surface area contributed by atoms with Gasteiger partial charge in [0, 0.05) is 18.2 Å². The van der Waals surface area contributed by atoms with Crippen LogP contribution in [-0.4, -0.2) is 31.6 Å². The lowest BCUT2D eigenvalue weighted by Gasteiger charge is -2.38. The lowest BCUT2D eigenvalue weighted by atomic mass is 9.87. The average Bonchev–Trinajstić information content (AvgIpc) is 2.78. The summed E-state index contributed by atoms with van der Waals surface area (Å²) in [5, 5.41) is 0. The number of aryl methyl sites for hydroxylation is 1. The van der Waals surface area contributed by atoms with Gasteiger partial charge in [0.25, 0.3) is 5.91 Å². The first-order valence-electron chi connectivity index (χ1n) is 9.79. The van der Waals surface area contributed by atoms with E-state index < -0.39 is 0 Å². The lowest BCUT2D eigenvalue weighted by Crippen LogP contribution is -2.40. The van der Waals surface area contributed by atoms with Crippen molar-refractivity contribution in [2.45, 2.75) is 19.4 Å². The number of fused-ring (bicyclic) bond motifs is 1. The number of carbonyl (C=O) groups excluding carboxylic acids is 1. The van der Waals surface area contributed by atoms with Crippen LogP contribution in [0.25, 0.3) is 0 Å². The van der Waals surface area contributed by atoms with E-state index in [-0.39, 0.29) is 11.9 Å². The summed E-state index contributed by atoms with van der Waals surface area (Å²) in [6.45, 7) is 2.73. The van der Waals surface area contributed by atoms with Crippen LogP contribution in [0.5, 0.6) is 11.5 Å². The Kier molecular flexibility index (Phi) is 5.26. The third-order valence-electron chi connectivity index (χ3n) is 5.54. The van der Waals surface area contributed by atoms with Crippen LogP contribution in [0.1, 0.15) is 38.7 Å². The summed E-state index contributed by atoms with van der Waals surface area (Å²) in [7, 11) is 3.19. The summed E-state index contributed by atoms with van der Waals surface area (Å²) >= 11 is 0. The van der Waals surface area contributed by atoms with Gasteiger partial charge < -0.3 is 14.4 Å². The van der Waals surface area contributed by atoms with E-state index in [0.717, 1.165) is 12.0 Å². The molecule has 4 nitrogen and oxygen atoms in total. The second-order valence-corrected chi connectivity index (χ2v) is 7.36. The Morgan fingerprint density at radius 3 is 2.24 bits per heavy atom. The van der Waals surface area contributed by atoms with Gasteiger partial charge >= 0.3 is 0 Å². The molecule has 29 heavy (non-hydrogen) atoms. The number of methoxy groups -OCH3 is 2. The molecule has 0 N–H and O–H groups in total. The molecule has 0 aromatic heterocycles. The number of hydrogen-bond acceptors (Lipinski definition) is 3. The van der Waals surface area contributed by atoms with Gasteiger partial charge in [-0.25, -0.2) is 0 Å². The molecular weight excluding hydrogens is 362 g/mol. The summed E-state index contributed by atoms with van der Waals surface area (Å²) in [6.07, 6.45) is 0.839. The molecule has 0 aliphatic carbocycles. The molecule has 0 saturated heterocycles. The predicted octanol–water partition coefficient (Wildman–Crippen LogP) is 4.80. The molecule has 1 aliphatic rings. The number of ether oxygens (including phenoxy) is 2. The van der Waals surface area contributed by atoms with Crippen molar-refractivity contribution in [1.82, 2.24) is 4.90 Å². The van der Waals surface area contributed by atoms with Crippen LogP contribution in [0, 0.1) is 6.92 Å². The van der Waals surface area contributed by atoms with Crippen molar-refractivity contribution in [1.29, 1.82) is 0 Å². The third kappa shape index (κ3) is 3.70. The standard InChI is InChI=1S/C25H25NO3/c1-17-8-10-19(11-9-17)24-23-7-5-4-6-18(23)12-13-26(24)25(27)20-14-21(28-2)16-22(15-20)29-3/h4-11,14-16,24H,12-13H2,1-3H3/t24-/m0/s1. The Balaban J connectivity index is 1.79. The van der Waals surface area contributed by atoms with Crippen LogP contribution in [0.3, 0.4) is 0 Å². The average molecular weight is 387 g/mol. The smallest absolute Gasteiger partial charge is 0.254 e. The van der Waals surface area contributed by atoms with Gasteiger partial charge in [-0.2, -0.15) is 0 Å². The third-order valence-corrected chi connectivity index (χ3v) is 5.54. The highest BCUT2D eigenvalue weighted by atomic mass is 16.5. The zero-order valence-electron chi connectivity index (χ0n) is 17.0. The summed E-state index contributed by atoms with van der Waals surface area (Å²) in [6, 6.07) is 22.0. The van der Waals surface area contributed by atoms with Gasteiger partial charge in [0.2, 0.25) is 0 Å². The second kappa shape index (κ2) is 8.00. The van der Waals surface area contributed by atoms with Gasteiger partial charge in [0.05, 0.1) is 20.3 Å². The molecule has 1 atom stereocenters. The van der Waals surface area contributed by atoms with Crippen molar-refractivity contribution in [3.05, 3.63) is 94.5 Å². The molecule has 0 fully saturated rings. The molecule has 4 rings (SSSR count). The van der Waals surface area contributed by atoms with Crippen LogP contribution in [0.2, 0.25) is 0 Å². The number of hydrogen-bond donors (Lipinski definition) is 0. The molecule has 3 aromatic carbocycles. The number of rotatable bonds is 4. The Morgan fingerprint density at radius 1 is 0.931 bits per heavy atom. The second-order valence-electron chi connectivity index (χ2n) is 7.36. The highest BCUT2D eigenvalue weighted by Crippen LogP contribution is 2.37. The Labute approximate surface area is 171 Å². The quantitative estimate of drug-likeness (QED) is 0.645. The molecule has 148 valence electrons. The maximum Gasteiger partial charge on any atom is 0.254 e. The first-order chi connectivity index (χ1) is 14.1. The summed E-state index contributed by atoms with van der Waals surface area (Å²) in [5.74, 6) is 1.19. The van der Waals surface area contributed by atoms with Crippen molar-refractivity contribution < 1.29 is 14.3 Å². The fraction of sp³-hybridized carbons (Fsp3) is 0.240. The van der Waals surface area contributed by atoms with Crippen molar-refractivity contribution >= 4 is 5.91 Å². The largest absolute Gasteiger partial charge is 0.497 e. The summed E-state index contributed by atoms with van der Waals surface area (Å²) in [5.41, 5.74) is 5.37. The first-order valence-corrected chi connectivity index (χ1v) is 9.79. The van der Waals surface area contributed by atoms with E-state index >= 15 is 0 Å². The van der Waals surface area contributed by atoms with Gasteiger partial charge in [-0.1, -0.05) is 54.1 Å². The molecular formula is C25H25NO3. The highest BCUT2D eigenvalue weighted by Gasteiger charge is 2.32. The molecule has 1 heterocycles. The highest BCUT2D eigenvalue weighted by molar-refractivity contribution is 5.96. The van der Waals surface area contributed by atoms with Gasteiger partial charge in [-0.05, 0) is 42.2 Å². The Hall–Kier alpha value is -3.27. The van der Waals surface area contributed by atoms with Gasteiger partial charge in [0.15, 0.2) is 0 Å². The van der Waals surface area contributed by atoms with Crippen LogP contribution in [-0.2, 0) is 6.42 Å². The SMILES string of the molecule is COc1cc(OC)cc(C(=O)N2CCc3ccccc3[C@@H]2c2ccc(C)cc2)c1. The summed E-state index contributed by atoms with van der Waals surface area (Å²) < 4.78 is 10.7.